The lowest BCUT2D eigenvalue weighted by atomic mass is 10.2. The van der Waals surface area contributed by atoms with Crippen LogP contribution in [-0.4, -0.2) is 35.1 Å². The molecule has 0 aromatic rings. The molecular weight excluding hydrogens is 190 g/mol. The molecule has 0 aliphatic heterocycles. The lowest BCUT2D eigenvalue weighted by molar-refractivity contribution is -0.131. The van der Waals surface area contributed by atoms with E-state index in [-0.39, 0.29) is 0 Å². The van der Waals surface area contributed by atoms with Crippen LogP contribution in [0.15, 0.2) is 11.6 Å². The van der Waals surface area contributed by atoms with Crippen LogP contribution in [0.5, 0.6) is 0 Å². The second kappa shape index (κ2) is 5.31. The van der Waals surface area contributed by atoms with Crippen molar-refractivity contribution in [3.05, 3.63) is 11.6 Å². The van der Waals surface area contributed by atoms with Crippen LogP contribution in [-0.2, 0) is 4.79 Å². The lowest BCUT2D eigenvalue weighted by Crippen LogP contribution is -2.31. The summed E-state index contributed by atoms with van der Waals surface area (Å²) >= 11 is 0. The topological polar surface area (TPSA) is 40.5 Å². The highest BCUT2D eigenvalue weighted by Crippen LogP contribution is 2.28. The Bertz CT molecular complexity index is 254. The number of hydrogen-bond acceptors (Lipinski definition) is 2. The van der Waals surface area contributed by atoms with Gasteiger partial charge in [-0.25, -0.2) is 4.79 Å². The number of carbonyl (C=O) groups is 1. The summed E-state index contributed by atoms with van der Waals surface area (Å²) in [5, 5.41) is 8.64. The minimum Gasteiger partial charge on any atom is -0.478 e. The number of rotatable bonds is 6. The van der Waals surface area contributed by atoms with Crippen molar-refractivity contribution in [1.29, 1.82) is 0 Å². The Hall–Kier alpha value is -0.830. The van der Waals surface area contributed by atoms with Crippen LogP contribution < -0.4 is 0 Å². The zero-order valence-corrected chi connectivity index (χ0v) is 9.86. The second-order valence-electron chi connectivity index (χ2n) is 4.88. The highest BCUT2D eigenvalue weighted by atomic mass is 16.4. The summed E-state index contributed by atoms with van der Waals surface area (Å²) in [6, 6.07) is 0.699. The van der Waals surface area contributed by atoms with Gasteiger partial charge >= 0.3 is 5.97 Å². The SMILES string of the molecule is CC(=CC(=O)O)CN(CC(C)C)C1CC1. The Labute approximate surface area is 91.8 Å². The monoisotopic (exact) mass is 211 g/mol. The van der Waals surface area contributed by atoms with E-state index in [1.54, 1.807) is 0 Å². The van der Waals surface area contributed by atoms with Crippen molar-refractivity contribution < 1.29 is 9.90 Å². The third-order valence-corrected chi connectivity index (χ3v) is 2.49. The van der Waals surface area contributed by atoms with Gasteiger partial charge in [-0.2, -0.15) is 0 Å². The van der Waals surface area contributed by atoms with Gasteiger partial charge in [-0.15, -0.1) is 0 Å². The molecular formula is C12H21NO2. The normalized spacial score (nSPS) is 17.5. The maximum Gasteiger partial charge on any atom is 0.328 e. The van der Waals surface area contributed by atoms with Crippen molar-refractivity contribution in [3.63, 3.8) is 0 Å². The van der Waals surface area contributed by atoms with Crippen LogP contribution in [0.3, 0.4) is 0 Å². The molecule has 1 N–H and O–H groups in total. The van der Waals surface area contributed by atoms with Gasteiger partial charge in [-0.05, 0) is 25.7 Å². The molecule has 0 unspecified atom stereocenters. The molecule has 1 aliphatic rings. The number of hydrogen-bond donors (Lipinski definition) is 1. The first-order valence-corrected chi connectivity index (χ1v) is 5.63. The molecule has 86 valence electrons. The first-order valence-electron chi connectivity index (χ1n) is 5.63. The first kappa shape index (κ1) is 12.2. The molecule has 0 saturated heterocycles. The number of carboxylic acid groups (broad SMARTS) is 1. The van der Waals surface area contributed by atoms with Gasteiger partial charge in [0.05, 0.1) is 0 Å². The molecule has 1 rings (SSSR count). The quantitative estimate of drug-likeness (QED) is 0.684. The number of nitrogens with zero attached hydrogens (tertiary/aromatic N) is 1. The zero-order valence-electron chi connectivity index (χ0n) is 9.86. The predicted molar refractivity (Wildman–Crippen MR) is 60.8 cm³/mol. The second-order valence-corrected chi connectivity index (χ2v) is 4.88. The van der Waals surface area contributed by atoms with E-state index in [1.807, 2.05) is 6.92 Å². The zero-order chi connectivity index (χ0) is 11.4. The summed E-state index contributed by atoms with van der Waals surface area (Å²) in [5.41, 5.74) is 0.940. The van der Waals surface area contributed by atoms with E-state index in [9.17, 15) is 4.79 Å². The Kier molecular flexibility index (Phi) is 4.33. The Morgan fingerprint density at radius 2 is 2.13 bits per heavy atom. The summed E-state index contributed by atoms with van der Waals surface area (Å²) in [6.07, 6.45) is 3.86. The third-order valence-electron chi connectivity index (χ3n) is 2.49. The fraction of sp³-hybridized carbons (Fsp3) is 0.750. The molecule has 0 spiro atoms. The minimum absolute atomic E-state index is 0.642. The van der Waals surface area contributed by atoms with Crippen molar-refractivity contribution in [2.45, 2.75) is 39.7 Å². The fourth-order valence-electron chi connectivity index (χ4n) is 1.83. The van der Waals surface area contributed by atoms with Gasteiger partial charge in [0.25, 0.3) is 0 Å². The standard InChI is InChI=1S/C12H21NO2/c1-9(2)7-13(11-4-5-11)8-10(3)6-12(14)15/h6,9,11H,4-5,7-8H2,1-3H3,(H,14,15). The summed E-state index contributed by atoms with van der Waals surface area (Å²) < 4.78 is 0. The third kappa shape index (κ3) is 4.98. The summed E-state index contributed by atoms with van der Waals surface area (Å²) in [4.78, 5) is 12.9. The molecule has 0 radical (unpaired) electrons. The smallest absolute Gasteiger partial charge is 0.328 e. The van der Waals surface area contributed by atoms with Gasteiger partial charge in [-0.3, -0.25) is 4.90 Å². The van der Waals surface area contributed by atoms with Gasteiger partial charge in [0.15, 0.2) is 0 Å². The van der Waals surface area contributed by atoms with Gasteiger partial charge < -0.3 is 5.11 Å². The largest absolute Gasteiger partial charge is 0.478 e. The van der Waals surface area contributed by atoms with Crippen LogP contribution in [0, 0.1) is 5.92 Å². The number of carboxylic acids is 1. The summed E-state index contributed by atoms with van der Waals surface area (Å²) in [6.45, 7) is 8.16. The van der Waals surface area contributed by atoms with E-state index in [2.05, 4.69) is 18.7 Å². The van der Waals surface area contributed by atoms with E-state index in [0.717, 1.165) is 18.7 Å². The summed E-state index contributed by atoms with van der Waals surface area (Å²) in [7, 11) is 0. The highest BCUT2D eigenvalue weighted by Gasteiger charge is 2.29. The van der Waals surface area contributed by atoms with Gasteiger partial charge in [0.1, 0.15) is 0 Å². The molecule has 0 bridgehead atoms. The lowest BCUT2D eigenvalue weighted by Gasteiger charge is -2.24. The van der Waals surface area contributed by atoms with E-state index in [1.165, 1.54) is 18.9 Å². The molecule has 0 atom stereocenters. The molecule has 1 fully saturated rings. The van der Waals surface area contributed by atoms with E-state index < -0.39 is 5.97 Å². The molecule has 1 aliphatic carbocycles. The molecule has 3 heteroatoms. The van der Waals surface area contributed by atoms with E-state index in [0.29, 0.717) is 12.0 Å². The van der Waals surface area contributed by atoms with Crippen LogP contribution >= 0.6 is 0 Å². The van der Waals surface area contributed by atoms with Crippen molar-refractivity contribution in [1.82, 2.24) is 4.90 Å². The maximum absolute atomic E-state index is 10.5. The average molecular weight is 211 g/mol. The Balaban J connectivity index is 2.46. The Morgan fingerprint density at radius 3 is 2.53 bits per heavy atom. The minimum atomic E-state index is -0.840. The molecule has 15 heavy (non-hydrogen) atoms. The predicted octanol–water partition coefficient (Wildman–Crippen LogP) is 2.14. The molecule has 3 nitrogen and oxygen atoms in total. The van der Waals surface area contributed by atoms with Gasteiger partial charge in [-0.1, -0.05) is 19.4 Å². The van der Waals surface area contributed by atoms with Gasteiger partial charge in [0.2, 0.25) is 0 Å². The molecule has 0 aromatic carbocycles. The van der Waals surface area contributed by atoms with Crippen molar-refractivity contribution in [3.8, 4) is 0 Å². The van der Waals surface area contributed by atoms with Crippen molar-refractivity contribution in [2.75, 3.05) is 13.1 Å². The average Bonchev–Trinajstić information content (AvgIpc) is 2.81. The van der Waals surface area contributed by atoms with Crippen LogP contribution in [0.4, 0.5) is 0 Å². The van der Waals surface area contributed by atoms with Gasteiger partial charge in [0, 0.05) is 25.2 Å². The van der Waals surface area contributed by atoms with Crippen LogP contribution in [0.2, 0.25) is 0 Å². The highest BCUT2D eigenvalue weighted by molar-refractivity contribution is 5.80. The summed E-state index contributed by atoms with van der Waals surface area (Å²) in [5.74, 6) is -0.198. The molecule has 0 amide bonds. The van der Waals surface area contributed by atoms with E-state index >= 15 is 0 Å². The first-order chi connectivity index (χ1) is 6.99. The van der Waals surface area contributed by atoms with Crippen LogP contribution in [0.1, 0.15) is 33.6 Å². The molecule has 1 saturated carbocycles. The van der Waals surface area contributed by atoms with E-state index in [4.69, 9.17) is 5.11 Å². The maximum atomic E-state index is 10.5. The van der Waals surface area contributed by atoms with Crippen LogP contribution in [0.25, 0.3) is 0 Å². The number of aliphatic carboxylic acids is 1. The fourth-order valence-corrected chi connectivity index (χ4v) is 1.83. The van der Waals surface area contributed by atoms with Crippen molar-refractivity contribution in [2.24, 2.45) is 5.92 Å². The Morgan fingerprint density at radius 1 is 1.53 bits per heavy atom. The molecule has 0 heterocycles. The molecule has 0 aromatic heterocycles. The van der Waals surface area contributed by atoms with Crippen molar-refractivity contribution >= 4 is 5.97 Å².